The van der Waals surface area contributed by atoms with Gasteiger partial charge in [0.1, 0.15) is 5.78 Å². The summed E-state index contributed by atoms with van der Waals surface area (Å²) in [6.45, 7) is 6.62. The number of allylic oxidation sites excluding steroid dienone is 1. The highest BCUT2D eigenvalue weighted by atomic mass is 32.1. The number of carbonyl (C=O) groups excluding carboxylic acids is 3. The second-order valence-electron chi connectivity index (χ2n) is 11.9. The molecule has 1 fully saturated rings. The number of carbonyl (C=O) groups is 3. The molecule has 6 nitrogen and oxygen atoms in total. The summed E-state index contributed by atoms with van der Waals surface area (Å²) in [5.41, 5.74) is 2.21. The Morgan fingerprint density at radius 1 is 1.15 bits per heavy atom. The number of nitrogens with zero attached hydrogens (tertiary/aromatic N) is 2. The molecule has 1 aromatic heterocycles. The number of nitrogens with one attached hydrogen (secondary N) is 1. The number of amides is 1. The van der Waals surface area contributed by atoms with Gasteiger partial charge in [0, 0.05) is 31.8 Å². The number of ketones is 2. The van der Waals surface area contributed by atoms with Crippen molar-refractivity contribution in [3.8, 4) is 0 Å². The average Bonchev–Trinajstić information content (AvgIpc) is 3.28. The normalized spacial score (nSPS) is 16.3. The van der Waals surface area contributed by atoms with Crippen LogP contribution < -0.4 is 5.32 Å². The van der Waals surface area contributed by atoms with Gasteiger partial charge in [-0.15, -0.1) is 11.3 Å². The molecule has 1 aliphatic rings. The number of fused-ring (bicyclic) bond motifs is 1. The molecule has 0 radical (unpaired) electrons. The molecule has 1 amide bonds. The highest BCUT2D eigenvalue weighted by Crippen LogP contribution is 2.30. The van der Waals surface area contributed by atoms with E-state index in [4.69, 9.17) is 4.98 Å². The van der Waals surface area contributed by atoms with Crippen molar-refractivity contribution in [3.05, 3.63) is 40.9 Å². The van der Waals surface area contributed by atoms with Gasteiger partial charge in [-0.2, -0.15) is 0 Å². The van der Waals surface area contributed by atoms with Gasteiger partial charge in [0.05, 0.1) is 21.1 Å². The summed E-state index contributed by atoms with van der Waals surface area (Å²) in [5.74, 6) is 0.557. The van der Waals surface area contributed by atoms with Gasteiger partial charge in [0.15, 0.2) is 5.78 Å². The summed E-state index contributed by atoms with van der Waals surface area (Å²) in [6.07, 6.45) is 12.3. The molecule has 1 aliphatic carbocycles. The third kappa shape index (κ3) is 10.6. The topological polar surface area (TPSA) is 79.4 Å². The van der Waals surface area contributed by atoms with E-state index in [1.54, 1.807) is 24.3 Å². The van der Waals surface area contributed by atoms with Gasteiger partial charge < -0.3 is 15.0 Å². The number of benzene rings is 1. The zero-order valence-corrected chi connectivity index (χ0v) is 25.3. The smallest absolute Gasteiger partial charge is 0.224 e. The molecule has 1 aromatic carbocycles. The molecule has 1 heterocycles. The number of thiazole rings is 1. The first-order chi connectivity index (χ1) is 18.6. The molecule has 0 saturated heterocycles. The summed E-state index contributed by atoms with van der Waals surface area (Å²) < 4.78 is 1.12. The highest BCUT2D eigenvalue weighted by Gasteiger charge is 2.27. The molecule has 2 atom stereocenters. The summed E-state index contributed by atoms with van der Waals surface area (Å²) >= 11 is 1.61. The molecule has 2 aromatic rings. The third-order valence-electron chi connectivity index (χ3n) is 7.65. The zero-order valence-electron chi connectivity index (χ0n) is 24.5. The van der Waals surface area contributed by atoms with E-state index >= 15 is 0 Å². The molecule has 7 heteroatoms. The molecule has 1 saturated carbocycles. The van der Waals surface area contributed by atoms with E-state index < -0.39 is 5.92 Å². The van der Waals surface area contributed by atoms with Crippen LogP contribution in [0.1, 0.15) is 95.0 Å². The standard InChI is InChI=1S/C32H47N3O3S/c1-22(2)25-13-16-29-30(20-25)39-31(34-29)21-26(18-23(3)36)32(38)33-27(19-24-10-7-6-8-11-24)14-15-28(37)12-9-17-35(4)5/h9,12-13,16,20,22,24,26-27H,6-8,10-11,14-15,17-19,21H2,1-5H3,(H,33,38)/b12-9+/t26-,27+/m0/s1. The lowest BCUT2D eigenvalue weighted by atomic mass is 9.83. The van der Waals surface area contributed by atoms with Crippen molar-refractivity contribution < 1.29 is 14.4 Å². The Morgan fingerprint density at radius 3 is 2.56 bits per heavy atom. The Bertz CT molecular complexity index is 1130. The van der Waals surface area contributed by atoms with Gasteiger partial charge in [0.25, 0.3) is 0 Å². The van der Waals surface area contributed by atoms with Crippen LogP contribution >= 0.6 is 11.3 Å². The molecular formula is C32H47N3O3S. The van der Waals surface area contributed by atoms with Crippen molar-refractivity contribution >= 4 is 39.0 Å². The van der Waals surface area contributed by atoms with E-state index in [1.165, 1.54) is 37.7 Å². The van der Waals surface area contributed by atoms with Crippen LogP contribution in [0.3, 0.4) is 0 Å². The van der Waals surface area contributed by atoms with Crippen molar-refractivity contribution in [3.63, 3.8) is 0 Å². The molecular weight excluding hydrogens is 506 g/mol. The summed E-state index contributed by atoms with van der Waals surface area (Å²) in [6, 6.07) is 6.29. The van der Waals surface area contributed by atoms with Crippen molar-refractivity contribution in [1.82, 2.24) is 15.2 Å². The van der Waals surface area contributed by atoms with Crippen LogP contribution in [0, 0.1) is 11.8 Å². The number of hydrogen-bond donors (Lipinski definition) is 1. The zero-order chi connectivity index (χ0) is 28.4. The number of aromatic nitrogens is 1. The van der Waals surface area contributed by atoms with Crippen LogP contribution in [0.25, 0.3) is 10.2 Å². The Morgan fingerprint density at radius 2 is 1.90 bits per heavy atom. The van der Waals surface area contributed by atoms with E-state index in [0.29, 0.717) is 31.1 Å². The first-order valence-electron chi connectivity index (χ1n) is 14.6. The van der Waals surface area contributed by atoms with Gasteiger partial charge in [-0.1, -0.05) is 58.1 Å². The van der Waals surface area contributed by atoms with E-state index in [-0.39, 0.29) is 29.9 Å². The van der Waals surface area contributed by atoms with Crippen molar-refractivity contribution in [1.29, 1.82) is 0 Å². The SMILES string of the molecule is CC(=O)C[C@@H](Cc1nc2ccc(C(C)C)cc2s1)C(=O)N[C@H](CCC(=O)/C=C/CN(C)C)CC1CCCCC1. The van der Waals surface area contributed by atoms with Crippen LogP contribution in [0.15, 0.2) is 30.4 Å². The Balaban J connectivity index is 1.70. The minimum Gasteiger partial charge on any atom is -0.353 e. The highest BCUT2D eigenvalue weighted by molar-refractivity contribution is 7.18. The second-order valence-corrected chi connectivity index (χ2v) is 13.0. The fraction of sp³-hybridized carbons (Fsp3) is 0.625. The maximum Gasteiger partial charge on any atom is 0.224 e. The lowest BCUT2D eigenvalue weighted by Gasteiger charge is -2.28. The predicted molar refractivity (Wildman–Crippen MR) is 161 cm³/mol. The van der Waals surface area contributed by atoms with Crippen LogP contribution in [0.4, 0.5) is 0 Å². The Kier molecular flexibility index (Phi) is 12.3. The number of likely N-dealkylation sites (N-methyl/N-ethyl adjacent to an activating group) is 1. The maximum absolute atomic E-state index is 13.6. The summed E-state index contributed by atoms with van der Waals surface area (Å²) in [5, 5.41) is 4.17. The van der Waals surface area contributed by atoms with Gasteiger partial charge in [-0.25, -0.2) is 4.98 Å². The van der Waals surface area contributed by atoms with Crippen molar-refractivity contribution in [2.75, 3.05) is 20.6 Å². The fourth-order valence-corrected chi connectivity index (χ4v) is 6.53. The van der Waals surface area contributed by atoms with Gasteiger partial charge in [-0.05, 0) is 69.5 Å². The molecule has 0 aliphatic heterocycles. The van der Waals surface area contributed by atoms with E-state index in [0.717, 1.165) is 28.2 Å². The molecule has 39 heavy (non-hydrogen) atoms. The number of Topliss-reactive ketones (excluding diaryl/α,β-unsaturated/α-hetero) is 1. The van der Waals surface area contributed by atoms with Crippen LogP contribution in [0.5, 0.6) is 0 Å². The third-order valence-corrected chi connectivity index (χ3v) is 8.69. The van der Waals surface area contributed by atoms with E-state index in [2.05, 4.69) is 37.4 Å². The predicted octanol–water partition coefficient (Wildman–Crippen LogP) is 6.48. The van der Waals surface area contributed by atoms with Gasteiger partial charge >= 0.3 is 0 Å². The minimum atomic E-state index is -0.461. The first kappa shape index (κ1) is 31.2. The maximum atomic E-state index is 13.6. The van der Waals surface area contributed by atoms with E-state index in [9.17, 15) is 14.4 Å². The van der Waals surface area contributed by atoms with E-state index in [1.807, 2.05) is 25.1 Å². The van der Waals surface area contributed by atoms with Gasteiger partial charge in [-0.3, -0.25) is 9.59 Å². The minimum absolute atomic E-state index is 0.00314. The largest absolute Gasteiger partial charge is 0.353 e. The van der Waals surface area contributed by atoms with Crippen molar-refractivity contribution in [2.45, 2.75) is 96.9 Å². The summed E-state index contributed by atoms with van der Waals surface area (Å²) in [7, 11) is 3.94. The molecule has 0 bridgehead atoms. The molecule has 0 spiro atoms. The number of hydrogen-bond acceptors (Lipinski definition) is 6. The molecule has 0 unspecified atom stereocenters. The quantitative estimate of drug-likeness (QED) is 0.255. The lowest BCUT2D eigenvalue weighted by Crippen LogP contribution is -2.41. The first-order valence-corrected chi connectivity index (χ1v) is 15.5. The van der Waals surface area contributed by atoms with Crippen LogP contribution in [0.2, 0.25) is 0 Å². The fourth-order valence-electron chi connectivity index (χ4n) is 5.44. The van der Waals surface area contributed by atoms with Crippen LogP contribution in [-0.2, 0) is 20.8 Å². The molecule has 214 valence electrons. The number of rotatable bonds is 15. The Hall–Kier alpha value is -2.38. The second kappa shape index (κ2) is 15.4. The van der Waals surface area contributed by atoms with Crippen LogP contribution in [-0.4, -0.2) is 54.0 Å². The monoisotopic (exact) mass is 553 g/mol. The molecule has 3 rings (SSSR count). The molecule has 1 N–H and O–H groups in total. The Labute approximate surface area is 238 Å². The van der Waals surface area contributed by atoms with Crippen molar-refractivity contribution in [2.24, 2.45) is 11.8 Å². The average molecular weight is 554 g/mol. The lowest BCUT2D eigenvalue weighted by molar-refractivity contribution is -0.129. The summed E-state index contributed by atoms with van der Waals surface area (Å²) in [4.78, 5) is 45.1. The van der Waals surface area contributed by atoms with Gasteiger partial charge in [0.2, 0.25) is 5.91 Å².